The van der Waals surface area contributed by atoms with E-state index in [1.54, 1.807) is 36.4 Å². The number of nitrogens with one attached hydrogen (secondary N) is 2. The van der Waals surface area contributed by atoms with Crippen molar-refractivity contribution in [2.75, 3.05) is 19.5 Å². The highest BCUT2D eigenvalue weighted by molar-refractivity contribution is 7.80. The Balaban J connectivity index is 1.36. The molecule has 0 unspecified atom stereocenters. The number of oxazole rings is 1. The minimum atomic E-state index is -0.360. The largest absolute Gasteiger partial charge is 0.493 e. The molecule has 1 aromatic heterocycles. The number of ether oxygens (including phenoxy) is 2. The molecule has 0 atom stereocenters. The Labute approximate surface area is 200 Å². The first kappa shape index (κ1) is 22.6. The number of rotatable bonds is 6. The van der Waals surface area contributed by atoms with Gasteiger partial charge in [-0.1, -0.05) is 23.7 Å². The van der Waals surface area contributed by atoms with Crippen LogP contribution in [0.2, 0.25) is 5.02 Å². The maximum atomic E-state index is 12.5. The van der Waals surface area contributed by atoms with Crippen molar-refractivity contribution in [2.24, 2.45) is 0 Å². The number of hydrogen-bond donors (Lipinski definition) is 2. The molecule has 1 heterocycles. The lowest BCUT2D eigenvalue weighted by molar-refractivity contribution is 0.0977. The van der Waals surface area contributed by atoms with E-state index in [-0.39, 0.29) is 11.0 Å². The smallest absolute Gasteiger partial charge is 0.257 e. The number of methoxy groups -OCH3 is 2. The normalized spacial score (nSPS) is 10.6. The van der Waals surface area contributed by atoms with Gasteiger partial charge in [0.15, 0.2) is 28.1 Å². The lowest BCUT2D eigenvalue weighted by Crippen LogP contribution is -2.34. The SMILES string of the molecule is COc1ccc(C(=O)NC(=S)Nc2ccc(Cc3nc4cc(Cl)ccc4o3)cc2)cc1OC. The van der Waals surface area contributed by atoms with E-state index in [9.17, 15) is 4.79 Å². The second-order valence-electron chi connectivity index (χ2n) is 7.07. The molecule has 3 aromatic carbocycles. The van der Waals surface area contributed by atoms with Crippen molar-refractivity contribution >= 4 is 51.6 Å². The average Bonchev–Trinajstić information content (AvgIpc) is 3.21. The molecule has 0 aliphatic carbocycles. The van der Waals surface area contributed by atoms with E-state index in [1.165, 1.54) is 14.2 Å². The van der Waals surface area contributed by atoms with Gasteiger partial charge < -0.3 is 19.2 Å². The molecular weight excluding hydrogens is 462 g/mol. The molecule has 4 rings (SSSR count). The van der Waals surface area contributed by atoms with Crippen molar-refractivity contribution in [3.63, 3.8) is 0 Å². The number of anilines is 1. The van der Waals surface area contributed by atoms with Gasteiger partial charge in [0.05, 0.1) is 14.2 Å². The third kappa shape index (κ3) is 5.42. The molecule has 0 saturated heterocycles. The van der Waals surface area contributed by atoms with Crippen LogP contribution < -0.4 is 20.1 Å². The fourth-order valence-electron chi connectivity index (χ4n) is 3.22. The van der Waals surface area contributed by atoms with Crippen LogP contribution >= 0.6 is 23.8 Å². The van der Waals surface area contributed by atoms with Gasteiger partial charge in [-0.15, -0.1) is 0 Å². The van der Waals surface area contributed by atoms with Gasteiger partial charge >= 0.3 is 0 Å². The van der Waals surface area contributed by atoms with Crippen LogP contribution in [0.1, 0.15) is 21.8 Å². The van der Waals surface area contributed by atoms with E-state index < -0.39 is 0 Å². The number of nitrogens with zero attached hydrogens (tertiary/aromatic N) is 1. The minimum Gasteiger partial charge on any atom is -0.493 e. The van der Waals surface area contributed by atoms with Crippen LogP contribution in [-0.2, 0) is 6.42 Å². The monoisotopic (exact) mass is 481 g/mol. The number of benzene rings is 3. The van der Waals surface area contributed by atoms with Crippen LogP contribution in [0.5, 0.6) is 11.5 Å². The quantitative estimate of drug-likeness (QED) is 0.365. The van der Waals surface area contributed by atoms with Crippen molar-refractivity contribution < 1.29 is 18.7 Å². The molecule has 7 nitrogen and oxygen atoms in total. The molecule has 0 saturated carbocycles. The van der Waals surface area contributed by atoms with Crippen molar-refractivity contribution in [3.05, 3.63) is 82.7 Å². The zero-order valence-electron chi connectivity index (χ0n) is 17.8. The van der Waals surface area contributed by atoms with E-state index >= 15 is 0 Å². The Morgan fingerprint density at radius 3 is 2.52 bits per heavy atom. The first-order valence-corrected chi connectivity index (χ1v) is 10.7. The Kier molecular flexibility index (Phi) is 6.76. The molecule has 9 heteroatoms. The summed E-state index contributed by atoms with van der Waals surface area (Å²) in [5, 5.41) is 6.46. The van der Waals surface area contributed by atoms with E-state index in [2.05, 4.69) is 15.6 Å². The molecular formula is C24H20ClN3O4S. The Bertz CT molecular complexity index is 1320. The minimum absolute atomic E-state index is 0.179. The molecule has 0 aliphatic rings. The van der Waals surface area contributed by atoms with Gasteiger partial charge in [0, 0.05) is 22.7 Å². The van der Waals surface area contributed by atoms with Crippen LogP contribution in [0.3, 0.4) is 0 Å². The fraction of sp³-hybridized carbons (Fsp3) is 0.125. The molecule has 1 amide bonds. The summed E-state index contributed by atoms with van der Waals surface area (Å²) in [6.45, 7) is 0. The summed E-state index contributed by atoms with van der Waals surface area (Å²) < 4.78 is 16.2. The highest BCUT2D eigenvalue weighted by Crippen LogP contribution is 2.27. The third-order valence-corrected chi connectivity index (χ3v) is 5.27. The summed E-state index contributed by atoms with van der Waals surface area (Å²) in [4.78, 5) is 17.0. The number of halogens is 1. The second kappa shape index (κ2) is 9.89. The summed E-state index contributed by atoms with van der Waals surface area (Å²) in [6, 6.07) is 17.8. The molecule has 0 fully saturated rings. The van der Waals surface area contributed by atoms with Gasteiger partial charge in [-0.2, -0.15) is 0 Å². The number of aromatic nitrogens is 1. The number of amides is 1. The van der Waals surface area contributed by atoms with Crippen molar-refractivity contribution in [3.8, 4) is 11.5 Å². The van der Waals surface area contributed by atoms with Gasteiger partial charge in [0.1, 0.15) is 5.52 Å². The Morgan fingerprint density at radius 2 is 1.79 bits per heavy atom. The highest BCUT2D eigenvalue weighted by Gasteiger charge is 2.12. The van der Waals surface area contributed by atoms with Gasteiger partial charge in [0.2, 0.25) is 0 Å². The first-order chi connectivity index (χ1) is 15.9. The lowest BCUT2D eigenvalue weighted by atomic mass is 10.1. The average molecular weight is 482 g/mol. The van der Waals surface area contributed by atoms with Crippen molar-refractivity contribution in [1.82, 2.24) is 10.3 Å². The standard InChI is InChI=1S/C24H20ClN3O4S/c1-30-20-9-5-15(12-21(20)31-2)23(29)28-24(33)26-17-7-3-14(4-8-17)11-22-27-18-13-16(25)6-10-19(18)32-22/h3-10,12-13H,11H2,1-2H3,(H2,26,28,29,33). The van der Waals surface area contributed by atoms with E-state index in [1.807, 2.05) is 24.3 Å². The first-order valence-electron chi connectivity index (χ1n) is 9.93. The van der Waals surface area contributed by atoms with E-state index in [0.717, 1.165) is 16.8 Å². The number of hydrogen-bond acceptors (Lipinski definition) is 6. The van der Waals surface area contributed by atoms with Crippen LogP contribution in [0.15, 0.2) is 65.1 Å². The predicted octanol–water partition coefficient (Wildman–Crippen LogP) is 5.22. The molecule has 4 aromatic rings. The summed E-state index contributed by atoms with van der Waals surface area (Å²) in [6.07, 6.45) is 0.535. The number of carbonyl (C=O) groups is 1. The molecule has 0 radical (unpaired) electrons. The summed E-state index contributed by atoms with van der Waals surface area (Å²) >= 11 is 11.3. The predicted molar refractivity (Wildman–Crippen MR) is 131 cm³/mol. The summed E-state index contributed by atoms with van der Waals surface area (Å²) in [5.74, 6) is 1.24. The zero-order chi connectivity index (χ0) is 23.4. The maximum absolute atomic E-state index is 12.5. The van der Waals surface area contributed by atoms with Crippen molar-refractivity contribution in [2.45, 2.75) is 6.42 Å². The molecule has 0 bridgehead atoms. The molecule has 33 heavy (non-hydrogen) atoms. The fourth-order valence-corrected chi connectivity index (χ4v) is 3.60. The van der Waals surface area contributed by atoms with Crippen molar-refractivity contribution in [1.29, 1.82) is 0 Å². The van der Waals surface area contributed by atoms with Crippen LogP contribution in [0, 0.1) is 0 Å². The zero-order valence-corrected chi connectivity index (χ0v) is 19.4. The summed E-state index contributed by atoms with van der Waals surface area (Å²) in [5.41, 5.74) is 3.57. The lowest BCUT2D eigenvalue weighted by Gasteiger charge is -2.12. The van der Waals surface area contributed by atoms with Gasteiger partial charge in [-0.25, -0.2) is 4.98 Å². The topological polar surface area (TPSA) is 85.6 Å². The van der Waals surface area contributed by atoms with Gasteiger partial charge in [0.25, 0.3) is 5.91 Å². The third-order valence-electron chi connectivity index (χ3n) is 4.83. The van der Waals surface area contributed by atoms with Crippen LogP contribution in [0.25, 0.3) is 11.1 Å². The van der Waals surface area contributed by atoms with Gasteiger partial charge in [-0.05, 0) is 66.3 Å². The van der Waals surface area contributed by atoms with Crippen LogP contribution in [0.4, 0.5) is 5.69 Å². The number of carbonyl (C=O) groups excluding carboxylic acids is 1. The molecule has 0 spiro atoms. The number of thiocarbonyl (C=S) groups is 1. The Hall–Kier alpha value is -3.62. The van der Waals surface area contributed by atoms with E-state index in [0.29, 0.717) is 40.0 Å². The van der Waals surface area contributed by atoms with Gasteiger partial charge in [-0.3, -0.25) is 10.1 Å². The van der Waals surface area contributed by atoms with E-state index in [4.69, 9.17) is 37.7 Å². The molecule has 2 N–H and O–H groups in total. The highest BCUT2D eigenvalue weighted by atomic mass is 35.5. The molecule has 0 aliphatic heterocycles. The summed E-state index contributed by atoms with van der Waals surface area (Å²) in [7, 11) is 3.04. The van der Waals surface area contributed by atoms with Crippen LogP contribution in [-0.4, -0.2) is 30.2 Å². The Morgan fingerprint density at radius 1 is 1.03 bits per heavy atom. The maximum Gasteiger partial charge on any atom is 0.257 e. The molecule has 168 valence electrons. The second-order valence-corrected chi connectivity index (χ2v) is 7.92. The number of fused-ring (bicyclic) bond motifs is 1.